The van der Waals surface area contributed by atoms with Gasteiger partial charge < -0.3 is 19.8 Å². The van der Waals surface area contributed by atoms with Crippen LogP contribution in [0.4, 0.5) is 0 Å². The van der Waals surface area contributed by atoms with Crippen molar-refractivity contribution in [1.82, 2.24) is 9.55 Å². The molecule has 1 aliphatic heterocycles. The molecule has 2 N–H and O–H groups in total. The van der Waals surface area contributed by atoms with Gasteiger partial charge in [0.05, 0.1) is 37.7 Å². The van der Waals surface area contributed by atoms with Gasteiger partial charge in [-0.25, -0.2) is 4.98 Å². The molecule has 6 heteroatoms. The van der Waals surface area contributed by atoms with E-state index in [1.54, 1.807) is 19.4 Å². The van der Waals surface area contributed by atoms with E-state index in [4.69, 9.17) is 15.2 Å². The van der Waals surface area contributed by atoms with Crippen molar-refractivity contribution in [1.29, 1.82) is 0 Å². The summed E-state index contributed by atoms with van der Waals surface area (Å²) in [7, 11) is 0. The predicted molar refractivity (Wildman–Crippen MR) is 69.3 cm³/mol. The Kier molecular flexibility index (Phi) is 4.93. The van der Waals surface area contributed by atoms with E-state index in [1.165, 1.54) is 0 Å². The van der Waals surface area contributed by atoms with E-state index < -0.39 is 0 Å². The zero-order valence-corrected chi connectivity index (χ0v) is 11.2. The monoisotopic (exact) mass is 267 g/mol. The van der Waals surface area contributed by atoms with Gasteiger partial charge in [0.1, 0.15) is 0 Å². The summed E-state index contributed by atoms with van der Waals surface area (Å²) in [5.41, 5.74) is 7.21. The van der Waals surface area contributed by atoms with Gasteiger partial charge in [-0.2, -0.15) is 0 Å². The maximum atomic E-state index is 11.4. The van der Waals surface area contributed by atoms with Gasteiger partial charge in [-0.15, -0.1) is 0 Å². The van der Waals surface area contributed by atoms with Gasteiger partial charge >= 0.3 is 5.97 Å². The maximum absolute atomic E-state index is 11.4. The normalized spacial score (nSPS) is 20.4. The molecular weight excluding hydrogens is 246 g/mol. The van der Waals surface area contributed by atoms with Crippen LogP contribution in [0, 0.1) is 5.92 Å². The van der Waals surface area contributed by atoms with E-state index in [9.17, 15) is 4.79 Å². The Morgan fingerprint density at radius 3 is 3.26 bits per heavy atom. The molecular formula is C13H21N3O3. The third-order valence-electron chi connectivity index (χ3n) is 3.42. The van der Waals surface area contributed by atoms with Crippen LogP contribution in [0.3, 0.4) is 0 Å². The van der Waals surface area contributed by atoms with Crippen molar-refractivity contribution in [2.45, 2.75) is 32.4 Å². The Balaban J connectivity index is 1.94. The highest BCUT2D eigenvalue weighted by Crippen LogP contribution is 2.26. The van der Waals surface area contributed by atoms with Gasteiger partial charge in [-0.1, -0.05) is 0 Å². The van der Waals surface area contributed by atoms with Gasteiger partial charge in [0.2, 0.25) is 0 Å². The number of ether oxygens (including phenoxy) is 2. The summed E-state index contributed by atoms with van der Waals surface area (Å²) in [4.78, 5) is 15.5. The third-order valence-corrected chi connectivity index (χ3v) is 3.42. The number of carbonyl (C=O) groups is 1. The molecule has 6 nitrogen and oxygen atoms in total. The molecule has 1 fully saturated rings. The summed E-state index contributed by atoms with van der Waals surface area (Å²) >= 11 is 0. The van der Waals surface area contributed by atoms with Gasteiger partial charge in [0, 0.05) is 25.3 Å². The molecule has 0 aromatic carbocycles. The fourth-order valence-electron chi connectivity index (χ4n) is 2.32. The van der Waals surface area contributed by atoms with Gasteiger partial charge in [0.15, 0.2) is 0 Å². The number of nitrogens with zero attached hydrogens (tertiary/aromatic N) is 2. The summed E-state index contributed by atoms with van der Waals surface area (Å²) in [6.07, 6.45) is 4.80. The first-order valence-electron chi connectivity index (χ1n) is 6.71. The Labute approximate surface area is 112 Å². The lowest BCUT2D eigenvalue weighted by atomic mass is 9.97. The second kappa shape index (κ2) is 6.68. The Morgan fingerprint density at radius 2 is 2.58 bits per heavy atom. The Hall–Kier alpha value is -1.40. The molecule has 2 unspecified atom stereocenters. The highest BCUT2D eigenvalue weighted by Gasteiger charge is 2.26. The first-order chi connectivity index (χ1) is 9.22. The van der Waals surface area contributed by atoms with Gasteiger partial charge in [-0.3, -0.25) is 4.79 Å². The summed E-state index contributed by atoms with van der Waals surface area (Å²) in [6, 6.07) is -0.0906. The lowest BCUT2D eigenvalue weighted by Gasteiger charge is -2.19. The summed E-state index contributed by atoms with van der Waals surface area (Å²) in [5, 5.41) is 0. The minimum absolute atomic E-state index is 0.0906. The average Bonchev–Trinajstić information content (AvgIpc) is 3.07. The number of carbonyl (C=O) groups excluding carboxylic acids is 1. The van der Waals surface area contributed by atoms with E-state index >= 15 is 0 Å². The summed E-state index contributed by atoms with van der Waals surface area (Å²) in [5.74, 6) is 0.137. The molecule has 0 amide bonds. The van der Waals surface area contributed by atoms with Crippen LogP contribution < -0.4 is 5.73 Å². The second-order valence-electron chi connectivity index (χ2n) is 4.72. The molecule has 106 valence electrons. The fraction of sp³-hybridized carbons (Fsp3) is 0.692. The lowest BCUT2D eigenvalue weighted by Crippen LogP contribution is -2.24. The standard InChI is InChI=1S/C13H21N3O3/c1-2-19-12(17)3-5-16-9-15-7-11(16)13(14)10-4-6-18-8-10/h7,9-10,13H,2-6,8,14H2,1H3. The topological polar surface area (TPSA) is 79.4 Å². The average molecular weight is 267 g/mol. The van der Waals surface area contributed by atoms with Crippen LogP contribution in [0.15, 0.2) is 12.5 Å². The second-order valence-corrected chi connectivity index (χ2v) is 4.72. The zero-order chi connectivity index (χ0) is 13.7. The highest BCUT2D eigenvalue weighted by atomic mass is 16.5. The van der Waals surface area contributed by atoms with Crippen molar-refractivity contribution < 1.29 is 14.3 Å². The van der Waals surface area contributed by atoms with E-state index in [-0.39, 0.29) is 12.0 Å². The minimum Gasteiger partial charge on any atom is -0.466 e. The van der Waals surface area contributed by atoms with Crippen molar-refractivity contribution in [3.05, 3.63) is 18.2 Å². The zero-order valence-electron chi connectivity index (χ0n) is 11.2. The number of esters is 1. The predicted octanol–water partition coefficient (Wildman–Crippen LogP) is 0.873. The Morgan fingerprint density at radius 1 is 1.74 bits per heavy atom. The summed E-state index contributed by atoms with van der Waals surface area (Å²) in [6.45, 7) is 4.24. The number of aromatic nitrogens is 2. The molecule has 0 radical (unpaired) electrons. The SMILES string of the molecule is CCOC(=O)CCn1cncc1C(N)C1CCOC1. The van der Waals surface area contributed by atoms with Crippen LogP contribution in [0.25, 0.3) is 0 Å². The lowest BCUT2D eigenvalue weighted by molar-refractivity contribution is -0.143. The van der Waals surface area contributed by atoms with Crippen LogP contribution in [0.5, 0.6) is 0 Å². The highest BCUT2D eigenvalue weighted by molar-refractivity contribution is 5.69. The molecule has 0 bridgehead atoms. The molecule has 1 aromatic heterocycles. The first kappa shape index (κ1) is 14.0. The van der Waals surface area contributed by atoms with Crippen molar-refractivity contribution in [3.63, 3.8) is 0 Å². The molecule has 19 heavy (non-hydrogen) atoms. The molecule has 0 spiro atoms. The molecule has 1 saturated heterocycles. The quantitative estimate of drug-likeness (QED) is 0.774. The van der Waals surface area contributed by atoms with Crippen molar-refractivity contribution in [2.24, 2.45) is 11.7 Å². The van der Waals surface area contributed by atoms with Crippen LogP contribution in [0.1, 0.15) is 31.5 Å². The number of hydrogen-bond donors (Lipinski definition) is 1. The van der Waals surface area contributed by atoms with Crippen LogP contribution in [-0.2, 0) is 20.8 Å². The van der Waals surface area contributed by atoms with Gasteiger partial charge in [0.25, 0.3) is 0 Å². The minimum atomic E-state index is -0.195. The number of aryl methyl sites for hydroxylation is 1. The van der Waals surface area contributed by atoms with Crippen molar-refractivity contribution >= 4 is 5.97 Å². The van der Waals surface area contributed by atoms with Crippen LogP contribution in [-0.4, -0.2) is 35.3 Å². The molecule has 1 aliphatic rings. The fourth-order valence-corrected chi connectivity index (χ4v) is 2.32. The summed E-state index contributed by atoms with van der Waals surface area (Å²) < 4.78 is 12.2. The largest absolute Gasteiger partial charge is 0.466 e. The van der Waals surface area contributed by atoms with E-state index in [2.05, 4.69) is 4.98 Å². The third kappa shape index (κ3) is 3.54. The van der Waals surface area contributed by atoms with Crippen LogP contribution >= 0.6 is 0 Å². The van der Waals surface area contributed by atoms with Crippen molar-refractivity contribution in [3.8, 4) is 0 Å². The van der Waals surface area contributed by atoms with E-state index in [0.717, 1.165) is 18.7 Å². The number of rotatable bonds is 6. The smallest absolute Gasteiger partial charge is 0.307 e. The number of hydrogen-bond acceptors (Lipinski definition) is 5. The van der Waals surface area contributed by atoms with Gasteiger partial charge in [-0.05, 0) is 13.3 Å². The molecule has 2 atom stereocenters. The van der Waals surface area contributed by atoms with E-state index in [0.29, 0.717) is 32.1 Å². The molecule has 0 saturated carbocycles. The van der Waals surface area contributed by atoms with E-state index in [1.807, 2.05) is 4.57 Å². The molecule has 2 rings (SSSR count). The number of imidazole rings is 1. The molecule has 1 aromatic rings. The maximum Gasteiger partial charge on any atom is 0.307 e. The first-order valence-corrected chi connectivity index (χ1v) is 6.71. The molecule has 0 aliphatic carbocycles. The van der Waals surface area contributed by atoms with Crippen LogP contribution in [0.2, 0.25) is 0 Å². The number of nitrogens with two attached hydrogens (primary N) is 1. The Bertz CT molecular complexity index is 413. The molecule has 2 heterocycles. The van der Waals surface area contributed by atoms with Crippen molar-refractivity contribution in [2.75, 3.05) is 19.8 Å².